The molecule has 2 rings (SSSR count). The summed E-state index contributed by atoms with van der Waals surface area (Å²) in [4.78, 5) is 4.12. The highest BCUT2D eigenvalue weighted by Gasteiger charge is 1.99. The zero-order valence-corrected chi connectivity index (χ0v) is 8.83. The van der Waals surface area contributed by atoms with Crippen molar-refractivity contribution >= 4 is 27.5 Å². The standard InChI is InChI=1S/C8H5BrClN3/c9-6-4-12-13(5-6)8-3-7(10)1-2-11-8/h1-5H. The first-order valence-electron chi connectivity index (χ1n) is 3.58. The van der Waals surface area contributed by atoms with Crippen LogP contribution >= 0.6 is 27.5 Å². The normalized spacial score (nSPS) is 10.3. The van der Waals surface area contributed by atoms with E-state index in [1.165, 1.54) is 0 Å². The molecule has 0 saturated carbocycles. The molecule has 3 nitrogen and oxygen atoms in total. The molecule has 0 aliphatic rings. The molecule has 0 aromatic carbocycles. The Morgan fingerprint density at radius 3 is 2.92 bits per heavy atom. The lowest BCUT2D eigenvalue weighted by molar-refractivity contribution is 0.847. The zero-order valence-electron chi connectivity index (χ0n) is 6.48. The molecule has 0 N–H and O–H groups in total. The van der Waals surface area contributed by atoms with Crippen LogP contribution in [-0.4, -0.2) is 14.8 Å². The Labute approximate surface area is 88.5 Å². The molecule has 0 spiro atoms. The van der Waals surface area contributed by atoms with Gasteiger partial charge in [0.15, 0.2) is 5.82 Å². The molecule has 0 aliphatic heterocycles. The Bertz CT molecular complexity index is 427. The second-order valence-electron chi connectivity index (χ2n) is 2.44. The number of rotatable bonds is 1. The molecule has 66 valence electrons. The van der Waals surface area contributed by atoms with Crippen LogP contribution < -0.4 is 0 Å². The molecule has 0 aliphatic carbocycles. The minimum atomic E-state index is 0.650. The third kappa shape index (κ3) is 1.89. The lowest BCUT2D eigenvalue weighted by Crippen LogP contribution is -1.96. The van der Waals surface area contributed by atoms with Gasteiger partial charge in [-0.05, 0) is 22.0 Å². The third-order valence-corrected chi connectivity index (χ3v) is 2.14. The molecule has 0 radical (unpaired) electrons. The molecule has 0 saturated heterocycles. The van der Waals surface area contributed by atoms with Crippen molar-refractivity contribution in [1.29, 1.82) is 0 Å². The van der Waals surface area contributed by atoms with Crippen molar-refractivity contribution in [3.63, 3.8) is 0 Å². The summed E-state index contributed by atoms with van der Waals surface area (Å²) < 4.78 is 2.56. The number of nitrogens with zero attached hydrogens (tertiary/aromatic N) is 3. The summed E-state index contributed by atoms with van der Waals surface area (Å²) in [5.74, 6) is 0.707. The van der Waals surface area contributed by atoms with Gasteiger partial charge in [0, 0.05) is 23.5 Å². The fourth-order valence-corrected chi connectivity index (χ4v) is 1.38. The van der Waals surface area contributed by atoms with Crippen LogP contribution in [0.3, 0.4) is 0 Å². The molecular formula is C8H5BrClN3. The van der Waals surface area contributed by atoms with Gasteiger partial charge in [-0.2, -0.15) is 5.10 Å². The van der Waals surface area contributed by atoms with Gasteiger partial charge < -0.3 is 0 Å². The van der Waals surface area contributed by atoms with E-state index in [2.05, 4.69) is 26.0 Å². The highest BCUT2D eigenvalue weighted by atomic mass is 79.9. The van der Waals surface area contributed by atoms with Crippen LogP contribution in [0.4, 0.5) is 0 Å². The molecule has 2 aromatic rings. The van der Waals surface area contributed by atoms with Gasteiger partial charge in [0.25, 0.3) is 0 Å². The van der Waals surface area contributed by atoms with Crippen molar-refractivity contribution in [2.75, 3.05) is 0 Å². The number of aromatic nitrogens is 3. The van der Waals surface area contributed by atoms with Crippen molar-refractivity contribution in [3.8, 4) is 5.82 Å². The van der Waals surface area contributed by atoms with Crippen LogP contribution in [0.2, 0.25) is 5.02 Å². The van der Waals surface area contributed by atoms with Gasteiger partial charge in [-0.15, -0.1) is 0 Å². The van der Waals surface area contributed by atoms with Crippen LogP contribution in [0.25, 0.3) is 5.82 Å². The van der Waals surface area contributed by atoms with E-state index in [1.807, 2.05) is 6.20 Å². The Balaban J connectivity index is 2.46. The molecule has 2 aromatic heterocycles. The van der Waals surface area contributed by atoms with Crippen LogP contribution in [0.5, 0.6) is 0 Å². The molecule has 0 unspecified atom stereocenters. The van der Waals surface area contributed by atoms with E-state index >= 15 is 0 Å². The molecule has 13 heavy (non-hydrogen) atoms. The van der Waals surface area contributed by atoms with E-state index in [0.29, 0.717) is 10.8 Å². The van der Waals surface area contributed by atoms with Crippen molar-refractivity contribution in [2.24, 2.45) is 0 Å². The fraction of sp³-hybridized carbons (Fsp3) is 0. The number of pyridine rings is 1. The van der Waals surface area contributed by atoms with E-state index in [9.17, 15) is 0 Å². The average molecular weight is 259 g/mol. The molecule has 0 amide bonds. The maximum absolute atomic E-state index is 5.81. The summed E-state index contributed by atoms with van der Waals surface area (Å²) in [6.45, 7) is 0. The molecule has 5 heteroatoms. The summed E-state index contributed by atoms with van der Waals surface area (Å²) in [6, 6.07) is 3.48. The zero-order chi connectivity index (χ0) is 9.26. The second kappa shape index (κ2) is 3.47. The first-order chi connectivity index (χ1) is 6.25. The SMILES string of the molecule is Clc1ccnc(-n2cc(Br)cn2)c1. The summed E-state index contributed by atoms with van der Waals surface area (Å²) in [5.41, 5.74) is 0. The second-order valence-corrected chi connectivity index (χ2v) is 3.79. The quantitative estimate of drug-likeness (QED) is 0.787. The predicted octanol–water partition coefficient (Wildman–Crippen LogP) is 2.68. The van der Waals surface area contributed by atoms with Gasteiger partial charge in [-0.25, -0.2) is 9.67 Å². The first kappa shape index (κ1) is 8.72. The highest BCUT2D eigenvalue weighted by Crippen LogP contribution is 2.13. The summed E-state index contributed by atoms with van der Waals surface area (Å²) in [7, 11) is 0. The average Bonchev–Trinajstić information content (AvgIpc) is 2.52. The molecule has 0 atom stereocenters. The van der Waals surface area contributed by atoms with Gasteiger partial charge in [0.05, 0.1) is 10.7 Å². The minimum Gasteiger partial charge on any atom is -0.237 e. The number of halogens is 2. The minimum absolute atomic E-state index is 0.650. The van der Waals surface area contributed by atoms with Gasteiger partial charge in [0.1, 0.15) is 0 Å². The van der Waals surface area contributed by atoms with Crippen molar-refractivity contribution in [3.05, 3.63) is 40.2 Å². The lowest BCUT2D eigenvalue weighted by atomic mass is 10.5. The third-order valence-electron chi connectivity index (χ3n) is 1.49. The predicted molar refractivity (Wildman–Crippen MR) is 54.1 cm³/mol. The van der Waals surface area contributed by atoms with Gasteiger partial charge >= 0.3 is 0 Å². The van der Waals surface area contributed by atoms with E-state index in [0.717, 1.165) is 4.47 Å². The van der Waals surface area contributed by atoms with Crippen LogP contribution in [0.15, 0.2) is 35.2 Å². The number of hydrogen-bond acceptors (Lipinski definition) is 2. The molecule has 0 fully saturated rings. The van der Waals surface area contributed by atoms with E-state index in [4.69, 9.17) is 11.6 Å². The maximum atomic E-state index is 5.81. The van der Waals surface area contributed by atoms with Crippen LogP contribution in [0, 0.1) is 0 Å². The monoisotopic (exact) mass is 257 g/mol. The van der Waals surface area contributed by atoms with Gasteiger partial charge in [0.2, 0.25) is 0 Å². The van der Waals surface area contributed by atoms with Crippen molar-refractivity contribution in [1.82, 2.24) is 14.8 Å². The topological polar surface area (TPSA) is 30.7 Å². The van der Waals surface area contributed by atoms with E-state index in [1.54, 1.807) is 29.2 Å². The lowest BCUT2D eigenvalue weighted by Gasteiger charge is -1.98. The number of hydrogen-bond donors (Lipinski definition) is 0. The maximum Gasteiger partial charge on any atom is 0.154 e. The van der Waals surface area contributed by atoms with E-state index < -0.39 is 0 Å². The Morgan fingerprint density at radius 1 is 1.46 bits per heavy atom. The Kier molecular flexibility index (Phi) is 2.33. The molecule has 0 bridgehead atoms. The first-order valence-corrected chi connectivity index (χ1v) is 4.75. The summed E-state index contributed by atoms with van der Waals surface area (Å²) >= 11 is 9.11. The Hall–Kier alpha value is -0.870. The fourth-order valence-electron chi connectivity index (χ4n) is 0.945. The van der Waals surface area contributed by atoms with Crippen LogP contribution in [-0.2, 0) is 0 Å². The highest BCUT2D eigenvalue weighted by molar-refractivity contribution is 9.10. The summed E-state index contributed by atoms with van der Waals surface area (Å²) in [6.07, 6.45) is 5.16. The molecule has 2 heterocycles. The van der Waals surface area contributed by atoms with Gasteiger partial charge in [-0.3, -0.25) is 0 Å². The largest absolute Gasteiger partial charge is 0.237 e. The molecular weight excluding hydrogens is 253 g/mol. The van der Waals surface area contributed by atoms with Gasteiger partial charge in [-0.1, -0.05) is 11.6 Å². The summed E-state index contributed by atoms with van der Waals surface area (Å²) in [5, 5.41) is 4.73. The van der Waals surface area contributed by atoms with E-state index in [-0.39, 0.29) is 0 Å². The van der Waals surface area contributed by atoms with Crippen LogP contribution in [0.1, 0.15) is 0 Å². The van der Waals surface area contributed by atoms with Crippen molar-refractivity contribution < 1.29 is 0 Å². The van der Waals surface area contributed by atoms with Crippen molar-refractivity contribution in [2.45, 2.75) is 0 Å². The smallest absolute Gasteiger partial charge is 0.154 e. The Morgan fingerprint density at radius 2 is 2.31 bits per heavy atom.